The average molecular weight is 411 g/mol. The smallest absolute Gasteiger partial charge is 0.283 e. The first-order chi connectivity index (χ1) is 14.8. The molecule has 31 heavy (non-hydrogen) atoms. The Kier molecular flexibility index (Phi) is 4.19. The van der Waals surface area contributed by atoms with Crippen molar-refractivity contribution in [2.75, 3.05) is 6.61 Å². The number of rotatable bonds is 1. The van der Waals surface area contributed by atoms with Crippen molar-refractivity contribution in [1.82, 2.24) is 15.0 Å². The van der Waals surface area contributed by atoms with Gasteiger partial charge in [0, 0.05) is 40.7 Å². The van der Waals surface area contributed by atoms with Gasteiger partial charge in [0.15, 0.2) is 5.54 Å². The van der Waals surface area contributed by atoms with Crippen LogP contribution in [0.25, 0.3) is 11.3 Å². The van der Waals surface area contributed by atoms with Crippen LogP contribution in [0.4, 0.5) is 0 Å². The molecule has 0 saturated heterocycles. The van der Waals surface area contributed by atoms with Crippen molar-refractivity contribution in [2.45, 2.75) is 26.3 Å². The first kappa shape index (κ1) is 19.1. The summed E-state index contributed by atoms with van der Waals surface area (Å²) in [4.78, 5) is 17.8. The van der Waals surface area contributed by atoms with Crippen molar-refractivity contribution >= 4 is 6.02 Å². The van der Waals surface area contributed by atoms with E-state index in [4.69, 9.17) is 20.2 Å². The normalized spacial score (nSPS) is 18.7. The van der Waals surface area contributed by atoms with Gasteiger partial charge >= 0.3 is 0 Å². The van der Waals surface area contributed by atoms with Crippen molar-refractivity contribution in [1.29, 1.82) is 0 Å². The molecule has 3 aromatic rings. The number of pyridine rings is 1. The maximum absolute atomic E-state index is 6.13. The molecule has 2 aromatic heterocycles. The van der Waals surface area contributed by atoms with Crippen molar-refractivity contribution in [3.05, 3.63) is 65.7 Å². The van der Waals surface area contributed by atoms with Gasteiger partial charge in [-0.2, -0.15) is 0 Å². The predicted molar refractivity (Wildman–Crippen MR) is 116 cm³/mol. The molecule has 1 atom stereocenters. The van der Waals surface area contributed by atoms with Crippen LogP contribution in [0.5, 0.6) is 11.6 Å². The van der Waals surface area contributed by atoms with E-state index in [1.165, 1.54) is 0 Å². The number of fused-ring (bicyclic) bond motifs is 4. The molecule has 2 aliphatic heterocycles. The van der Waals surface area contributed by atoms with Gasteiger partial charge in [0.2, 0.25) is 5.88 Å². The third-order valence-electron chi connectivity index (χ3n) is 5.10. The van der Waals surface area contributed by atoms with Crippen molar-refractivity contribution < 1.29 is 9.47 Å². The maximum atomic E-state index is 6.13. The van der Waals surface area contributed by atoms with Gasteiger partial charge in [-0.15, -0.1) is 0 Å². The summed E-state index contributed by atoms with van der Waals surface area (Å²) in [5, 5.41) is 0. The summed E-state index contributed by atoms with van der Waals surface area (Å²) in [6, 6.07) is 7.93. The van der Waals surface area contributed by atoms with E-state index < -0.39 is 5.54 Å². The van der Waals surface area contributed by atoms with Crippen LogP contribution in [0, 0.1) is 17.3 Å². The van der Waals surface area contributed by atoms with E-state index in [0.717, 1.165) is 27.9 Å². The Balaban J connectivity index is 1.69. The van der Waals surface area contributed by atoms with E-state index in [-0.39, 0.29) is 18.0 Å². The Morgan fingerprint density at radius 2 is 1.94 bits per heavy atom. The van der Waals surface area contributed by atoms with Crippen LogP contribution >= 0.6 is 0 Å². The number of hydrogen-bond acceptors (Lipinski definition) is 7. The van der Waals surface area contributed by atoms with E-state index in [0.29, 0.717) is 11.6 Å². The fraction of sp³-hybridized carbons (Fsp3) is 0.250. The van der Waals surface area contributed by atoms with Crippen LogP contribution in [-0.2, 0) is 10.3 Å². The SMILES string of the molecule is CC(C)(C)C#Cc1cnc2c(c1)[C@]1(COC(N)=N1)c1cc(-c3cnccn3)ccc1O2. The molecule has 0 saturated carbocycles. The number of ether oxygens (including phenoxy) is 2. The van der Waals surface area contributed by atoms with E-state index >= 15 is 0 Å². The maximum Gasteiger partial charge on any atom is 0.283 e. The summed E-state index contributed by atoms with van der Waals surface area (Å²) in [7, 11) is 0. The molecule has 7 heteroatoms. The minimum absolute atomic E-state index is 0.124. The van der Waals surface area contributed by atoms with E-state index in [2.05, 4.69) is 47.6 Å². The summed E-state index contributed by atoms with van der Waals surface area (Å²) in [6.45, 7) is 6.45. The number of hydrogen-bond donors (Lipinski definition) is 1. The fourth-order valence-corrected chi connectivity index (χ4v) is 3.66. The van der Waals surface area contributed by atoms with Crippen LogP contribution in [0.1, 0.15) is 37.5 Å². The second-order valence-corrected chi connectivity index (χ2v) is 8.58. The first-order valence-corrected chi connectivity index (χ1v) is 9.95. The molecular weight excluding hydrogens is 390 g/mol. The van der Waals surface area contributed by atoms with Gasteiger partial charge in [-0.25, -0.2) is 9.98 Å². The van der Waals surface area contributed by atoms with Crippen LogP contribution in [0.15, 0.2) is 54.0 Å². The van der Waals surface area contributed by atoms with Crippen LogP contribution in [-0.4, -0.2) is 27.6 Å². The molecule has 0 bridgehead atoms. The number of nitrogens with two attached hydrogens (primary N) is 1. The van der Waals surface area contributed by atoms with Gasteiger partial charge in [0.05, 0.1) is 17.5 Å². The van der Waals surface area contributed by atoms with Crippen LogP contribution in [0.3, 0.4) is 0 Å². The van der Waals surface area contributed by atoms with Crippen molar-refractivity contribution in [3.63, 3.8) is 0 Å². The molecule has 0 radical (unpaired) electrons. The fourth-order valence-electron chi connectivity index (χ4n) is 3.66. The van der Waals surface area contributed by atoms with Gasteiger partial charge in [-0.05, 0) is 45.0 Å². The molecular formula is C24H21N5O2. The van der Waals surface area contributed by atoms with Crippen molar-refractivity contribution in [3.8, 4) is 34.7 Å². The Morgan fingerprint density at radius 3 is 2.65 bits per heavy atom. The molecule has 2 aliphatic rings. The number of nitrogens with zero attached hydrogens (tertiary/aromatic N) is 4. The van der Waals surface area contributed by atoms with Gasteiger partial charge in [-0.3, -0.25) is 9.97 Å². The highest BCUT2D eigenvalue weighted by Gasteiger charge is 2.47. The third-order valence-corrected chi connectivity index (χ3v) is 5.10. The molecule has 5 rings (SSSR count). The van der Waals surface area contributed by atoms with Crippen molar-refractivity contribution in [2.24, 2.45) is 16.1 Å². The van der Waals surface area contributed by atoms with Gasteiger partial charge < -0.3 is 15.2 Å². The van der Waals surface area contributed by atoms with Gasteiger partial charge in [0.25, 0.3) is 6.02 Å². The highest BCUT2D eigenvalue weighted by atomic mass is 16.5. The summed E-state index contributed by atoms with van der Waals surface area (Å²) in [6.07, 6.45) is 6.74. The molecule has 0 unspecified atom stereocenters. The minimum Gasteiger partial charge on any atom is -0.462 e. The zero-order chi connectivity index (χ0) is 21.6. The largest absolute Gasteiger partial charge is 0.462 e. The summed E-state index contributed by atoms with van der Waals surface area (Å²) in [5.41, 5.74) is 9.04. The molecule has 1 aromatic carbocycles. The molecule has 154 valence electrons. The summed E-state index contributed by atoms with van der Waals surface area (Å²) in [5.74, 6) is 7.58. The number of benzene rings is 1. The highest BCUT2D eigenvalue weighted by molar-refractivity contribution is 5.77. The minimum atomic E-state index is -0.863. The van der Waals surface area contributed by atoms with E-state index in [1.807, 2.05) is 24.3 Å². The lowest BCUT2D eigenvalue weighted by atomic mass is 9.81. The van der Waals surface area contributed by atoms with E-state index in [1.54, 1.807) is 24.8 Å². The third kappa shape index (κ3) is 3.36. The zero-order valence-electron chi connectivity index (χ0n) is 17.5. The van der Waals surface area contributed by atoms with Crippen LogP contribution < -0.4 is 10.5 Å². The standard InChI is InChI=1S/C24H21N5O2/c1-23(2,3)7-6-15-10-18-21(28-12-15)31-20-5-4-16(19-13-26-8-9-27-19)11-17(20)24(18)14-30-22(25)29-24/h4-5,8-13H,14H2,1-3H3,(H2,25,29)/t24-/m0/s1. The molecule has 0 aliphatic carbocycles. The molecule has 1 spiro atoms. The Labute approximate surface area is 180 Å². The van der Waals surface area contributed by atoms with Gasteiger partial charge in [0.1, 0.15) is 12.4 Å². The summed E-state index contributed by atoms with van der Waals surface area (Å²) < 4.78 is 11.8. The number of aromatic nitrogens is 3. The number of aliphatic imine (C=N–C) groups is 1. The predicted octanol–water partition coefficient (Wildman–Crippen LogP) is 3.63. The first-order valence-electron chi connectivity index (χ1n) is 9.95. The lowest BCUT2D eigenvalue weighted by Gasteiger charge is -2.33. The quantitative estimate of drug-likeness (QED) is 0.615. The number of amidine groups is 1. The monoisotopic (exact) mass is 411 g/mol. The van der Waals surface area contributed by atoms with E-state index in [9.17, 15) is 0 Å². The average Bonchev–Trinajstić information content (AvgIpc) is 3.15. The molecule has 7 nitrogen and oxygen atoms in total. The second kappa shape index (κ2) is 6.81. The molecule has 0 fully saturated rings. The Morgan fingerprint density at radius 1 is 1.06 bits per heavy atom. The highest BCUT2D eigenvalue weighted by Crippen LogP contribution is 2.50. The second-order valence-electron chi connectivity index (χ2n) is 8.58. The van der Waals surface area contributed by atoms with Gasteiger partial charge in [-0.1, -0.05) is 11.8 Å². The summed E-state index contributed by atoms with van der Waals surface area (Å²) >= 11 is 0. The molecule has 0 amide bonds. The topological polar surface area (TPSA) is 95.5 Å². The Hall–Kier alpha value is -3.92. The molecule has 2 N–H and O–H groups in total. The van der Waals surface area contributed by atoms with Crippen LogP contribution in [0.2, 0.25) is 0 Å². The lowest BCUT2D eigenvalue weighted by Crippen LogP contribution is -2.31. The zero-order valence-corrected chi connectivity index (χ0v) is 17.5. The molecule has 4 heterocycles. The Bertz CT molecular complexity index is 1270. The lowest BCUT2D eigenvalue weighted by molar-refractivity contribution is 0.262.